The number of carbonyl (C=O) groups excluding carboxylic acids is 3. The molecule has 0 aromatic heterocycles. The van der Waals surface area contributed by atoms with Crippen LogP contribution in [0.5, 0.6) is 11.5 Å². The summed E-state index contributed by atoms with van der Waals surface area (Å²) >= 11 is 0. The van der Waals surface area contributed by atoms with Gasteiger partial charge in [0, 0.05) is 0 Å². The number of hydrogen-bond acceptors (Lipinski definition) is 6. The molecule has 29 heavy (non-hydrogen) atoms. The minimum absolute atomic E-state index is 0.176. The van der Waals surface area contributed by atoms with Crippen LogP contribution >= 0.6 is 0 Å². The molecule has 1 amide bonds. The van der Waals surface area contributed by atoms with Gasteiger partial charge in [0.2, 0.25) is 0 Å². The average molecular weight is 399 g/mol. The van der Waals surface area contributed by atoms with E-state index < -0.39 is 30.6 Å². The van der Waals surface area contributed by atoms with Crippen LogP contribution in [0.1, 0.15) is 19.4 Å². The number of Topliss-reactive ketones (excluding diaryl/α,β-unsaturated/α-hetero) is 1. The van der Waals surface area contributed by atoms with E-state index >= 15 is 0 Å². The highest BCUT2D eigenvalue weighted by Gasteiger charge is 2.21. The van der Waals surface area contributed by atoms with E-state index in [1.54, 1.807) is 31.4 Å². The van der Waals surface area contributed by atoms with Crippen molar-refractivity contribution < 1.29 is 28.6 Å². The van der Waals surface area contributed by atoms with Crippen LogP contribution in [0.25, 0.3) is 0 Å². The Morgan fingerprint density at radius 1 is 0.966 bits per heavy atom. The first kappa shape index (κ1) is 21.9. The molecule has 0 aliphatic rings. The Hall–Kier alpha value is -3.35. The molecule has 2 atom stereocenters. The van der Waals surface area contributed by atoms with Crippen LogP contribution in [0.4, 0.5) is 0 Å². The van der Waals surface area contributed by atoms with Crippen molar-refractivity contribution in [3.63, 3.8) is 0 Å². The molecular weight excluding hydrogens is 374 g/mol. The molecule has 0 heterocycles. The summed E-state index contributed by atoms with van der Waals surface area (Å²) in [5, 5.41) is 2.60. The summed E-state index contributed by atoms with van der Waals surface area (Å²) in [5.41, 5.74) is 0.923. The molecule has 7 heteroatoms. The zero-order chi connectivity index (χ0) is 21.2. The maximum atomic E-state index is 12.1. The highest BCUT2D eigenvalue weighted by atomic mass is 16.6. The predicted octanol–water partition coefficient (Wildman–Crippen LogP) is 2.32. The molecule has 0 saturated carbocycles. The first-order valence-electron chi connectivity index (χ1n) is 9.20. The molecule has 0 fully saturated rings. The molecule has 1 N–H and O–H groups in total. The number of benzene rings is 2. The van der Waals surface area contributed by atoms with Gasteiger partial charge >= 0.3 is 5.97 Å². The Morgan fingerprint density at radius 3 is 2.17 bits per heavy atom. The van der Waals surface area contributed by atoms with Gasteiger partial charge in [-0.2, -0.15) is 0 Å². The molecule has 2 aromatic rings. The summed E-state index contributed by atoms with van der Waals surface area (Å²) in [5.74, 6) is -0.270. The maximum absolute atomic E-state index is 12.1. The standard InChI is InChI=1S/C22H25NO6/c1-15(24)20(13-17-7-5-4-6-8-17)23-21(25)14-28-22(26)16(2)29-19-11-9-18(27-3)10-12-19/h4-12,16,20H,13-14H2,1-3H3,(H,23,25). The molecule has 0 aliphatic heterocycles. The summed E-state index contributed by atoms with van der Waals surface area (Å²) in [6, 6.07) is 15.4. The molecule has 154 valence electrons. The van der Waals surface area contributed by atoms with Gasteiger partial charge in [0.1, 0.15) is 11.5 Å². The fourth-order valence-electron chi connectivity index (χ4n) is 2.54. The van der Waals surface area contributed by atoms with Gasteiger partial charge in [-0.05, 0) is 50.1 Å². The molecule has 0 saturated heterocycles. The van der Waals surface area contributed by atoms with Crippen LogP contribution in [0, 0.1) is 0 Å². The number of rotatable bonds is 10. The minimum Gasteiger partial charge on any atom is -0.497 e. The van der Waals surface area contributed by atoms with E-state index in [2.05, 4.69) is 5.32 Å². The second kappa shape index (κ2) is 10.8. The van der Waals surface area contributed by atoms with E-state index in [-0.39, 0.29) is 5.78 Å². The first-order chi connectivity index (χ1) is 13.9. The lowest BCUT2D eigenvalue weighted by Gasteiger charge is -2.17. The monoisotopic (exact) mass is 399 g/mol. The molecule has 0 radical (unpaired) electrons. The number of esters is 1. The first-order valence-corrected chi connectivity index (χ1v) is 9.20. The van der Waals surface area contributed by atoms with Crippen molar-refractivity contribution in [3.8, 4) is 11.5 Å². The highest BCUT2D eigenvalue weighted by Crippen LogP contribution is 2.18. The third-order valence-electron chi connectivity index (χ3n) is 4.16. The summed E-state index contributed by atoms with van der Waals surface area (Å²) in [4.78, 5) is 36.0. The number of methoxy groups -OCH3 is 1. The Morgan fingerprint density at radius 2 is 1.59 bits per heavy atom. The number of nitrogens with one attached hydrogen (secondary N) is 1. The molecule has 2 aromatic carbocycles. The zero-order valence-corrected chi connectivity index (χ0v) is 16.7. The van der Waals surface area contributed by atoms with Gasteiger partial charge in [-0.25, -0.2) is 4.79 Å². The molecule has 0 bridgehead atoms. The van der Waals surface area contributed by atoms with Crippen LogP contribution in [0.15, 0.2) is 54.6 Å². The zero-order valence-electron chi connectivity index (χ0n) is 16.7. The Kier molecular flexibility index (Phi) is 8.21. The second-order valence-electron chi connectivity index (χ2n) is 6.46. The van der Waals surface area contributed by atoms with Crippen LogP contribution < -0.4 is 14.8 Å². The third kappa shape index (κ3) is 7.29. The topological polar surface area (TPSA) is 90.9 Å². The van der Waals surface area contributed by atoms with Crippen molar-refractivity contribution in [2.45, 2.75) is 32.4 Å². The van der Waals surface area contributed by atoms with Gasteiger partial charge in [-0.3, -0.25) is 9.59 Å². The van der Waals surface area contributed by atoms with Gasteiger partial charge in [0.05, 0.1) is 13.2 Å². The van der Waals surface area contributed by atoms with Crippen molar-refractivity contribution >= 4 is 17.7 Å². The number of ether oxygens (including phenoxy) is 3. The Labute approximate surface area is 170 Å². The van der Waals surface area contributed by atoms with E-state index in [9.17, 15) is 14.4 Å². The highest BCUT2D eigenvalue weighted by molar-refractivity contribution is 5.89. The summed E-state index contributed by atoms with van der Waals surface area (Å²) in [6.07, 6.45) is -0.531. The fraction of sp³-hybridized carbons (Fsp3) is 0.318. The summed E-state index contributed by atoms with van der Waals surface area (Å²) in [7, 11) is 1.55. The predicted molar refractivity (Wildman–Crippen MR) is 107 cm³/mol. The van der Waals surface area contributed by atoms with Gasteiger partial charge in [-0.1, -0.05) is 30.3 Å². The number of hydrogen-bond donors (Lipinski definition) is 1. The molecule has 0 spiro atoms. The van der Waals surface area contributed by atoms with Gasteiger partial charge in [0.25, 0.3) is 5.91 Å². The second-order valence-corrected chi connectivity index (χ2v) is 6.46. The van der Waals surface area contributed by atoms with Gasteiger partial charge in [-0.15, -0.1) is 0 Å². The quantitative estimate of drug-likeness (QED) is 0.617. The van der Waals surface area contributed by atoms with Gasteiger partial charge in [0.15, 0.2) is 18.5 Å². The van der Waals surface area contributed by atoms with Crippen LogP contribution in [-0.2, 0) is 25.5 Å². The van der Waals surface area contributed by atoms with Gasteiger partial charge < -0.3 is 19.5 Å². The molecule has 2 unspecified atom stereocenters. The Balaban J connectivity index is 1.81. The molecular formula is C22H25NO6. The van der Waals surface area contributed by atoms with Crippen molar-refractivity contribution in [2.24, 2.45) is 0 Å². The van der Waals surface area contributed by atoms with E-state index in [0.29, 0.717) is 17.9 Å². The lowest BCUT2D eigenvalue weighted by Crippen LogP contribution is -2.43. The van der Waals surface area contributed by atoms with E-state index in [4.69, 9.17) is 14.2 Å². The maximum Gasteiger partial charge on any atom is 0.347 e. The molecule has 7 nitrogen and oxygen atoms in total. The summed E-state index contributed by atoms with van der Waals surface area (Å²) in [6.45, 7) is 2.44. The largest absolute Gasteiger partial charge is 0.497 e. The molecule has 2 rings (SSSR count). The number of amides is 1. The van der Waals surface area contributed by atoms with Crippen LogP contribution in [0.3, 0.4) is 0 Å². The third-order valence-corrected chi connectivity index (χ3v) is 4.16. The van der Waals surface area contributed by atoms with Crippen molar-refractivity contribution in [1.82, 2.24) is 5.32 Å². The van der Waals surface area contributed by atoms with Crippen molar-refractivity contribution in [3.05, 3.63) is 60.2 Å². The lowest BCUT2D eigenvalue weighted by atomic mass is 10.0. The SMILES string of the molecule is COc1ccc(OC(C)C(=O)OCC(=O)NC(Cc2ccccc2)C(C)=O)cc1. The van der Waals surface area contributed by atoms with E-state index in [0.717, 1.165) is 5.56 Å². The normalized spacial score (nSPS) is 12.4. The Bertz CT molecular complexity index is 819. The number of carbonyl (C=O) groups is 3. The fourth-order valence-corrected chi connectivity index (χ4v) is 2.54. The van der Waals surface area contributed by atoms with Crippen LogP contribution in [0.2, 0.25) is 0 Å². The lowest BCUT2D eigenvalue weighted by molar-refractivity contribution is -0.155. The summed E-state index contributed by atoms with van der Waals surface area (Å²) < 4.78 is 15.5. The number of ketones is 1. The van der Waals surface area contributed by atoms with E-state index in [1.165, 1.54) is 13.8 Å². The molecule has 0 aliphatic carbocycles. The van der Waals surface area contributed by atoms with E-state index in [1.807, 2.05) is 30.3 Å². The minimum atomic E-state index is -0.899. The van der Waals surface area contributed by atoms with Crippen LogP contribution in [-0.4, -0.2) is 43.5 Å². The average Bonchev–Trinajstić information content (AvgIpc) is 2.72. The smallest absolute Gasteiger partial charge is 0.347 e. The van der Waals surface area contributed by atoms with Crippen molar-refractivity contribution in [1.29, 1.82) is 0 Å². The van der Waals surface area contributed by atoms with Crippen molar-refractivity contribution in [2.75, 3.05) is 13.7 Å².